The molecule has 12 heteroatoms. The largest absolute Gasteiger partial charge is 0.496 e. The maximum atomic E-state index is 13.8. The van der Waals surface area contributed by atoms with E-state index in [0.29, 0.717) is 21.6 Å². The van der Waals surface area contributed by atoms with Crippen LogP contribution in [0, 0.1) is 11.6 Å². The highest BCUT2D eigenvalue weighted by Gasteiger charge is 2.38. The zero-order valence-electron chi connectivity index (χ0n) is 17.5. The summed E-state index contributed by atoms with van der Waals surface area (Å²) in [5.74, 6) is -2.60. The zero-order chi connectivity index (χ0) is 23.6. The Morgan fingerprint density at radius 3 is 2.70 bits per heavy atom. The van der Waals surface area contributed by atoms with Gasteiger partial charge in [-0.1, -0.05) is 6.07 Å². The molecule has 0 unspecified atom stereocenters. The Kier molecular flexibility index (Phi) is 6.56. The normalized spacial score (nSPS) is 19.0. The van der Waals surface area contributed by atoms with Crippen LogP contribution >= 0.6 is 0 Å². The van der Waals surface area contributed by atoms with Crippen LogP contribution in [-0.4, -0.2) is 39.9 Å². The van der Waals surface area contributed by atoms with Gasteiger partial charge in [0.05, 0.1) is 12.8 Å². The van der Waals surface area contributed by atoms with Crippen LogP contribution < -0.4 is 15.4 Å². The number of nitrogens with zero attached hydrogens (tertiary/aromatic N) is 4. The second-order valence-electron chi connectivity index (χ2n) is 7.64. The summed E-state index contributed by atoms with van der Waals surface area (Å²) in [5.41, 5.74) is 1.33. The summed E-state index contributed by atoms with van der Waals surface area (Å²) >= 11 is 0. The third-order valence-electron chi connectivity index (χ3n) is 5.55. The number of methoxy groups -OCH3 is 1. The predicted molar refractivity (Wildman–Crippen MR) is 108 cm³/mol. The van der Waals surface area contributed by atoms with Gasteiger partial charge < -0.3 is 15.4 Å². The number of nitrogens with one attached hydrogen (secondary N) is 2. The van der Waals surface area contributed by atoms with Crippen molar-refractivity contribution >= 4 is 0 Å². The van der Waals surface area contributed by atoms with Crippen LogP contribution in [0.1, 0.15) is 35.8 Å². The van der Waals surface area contributed by atoms with Gasteiger partial charge in [-0.15, -0.1) is 5.10 Å². The van der Waals surface area contributed by atoms with Gasteiger partial charge in [-0.2, -0.15) is 17.9 Å². The molecule has 2 aromatic carbocycles. The van der Waals surface area contributed by atoms with Crippen LogP contribution in [0.5, 0.6) is 5.75 Å². The summed E-state index contributed by atoms with van der Waals surface area (Å²) in [7, 11) is 1.46. The van der Waals surface area contributed by atoms with Crippen molar-refractivity contribution in [3.63, 3.8) is 0 Å². The topological polar surface area (TPSA) is 76.9 Å². The van der Waals surface area contributed by atoms with E-state index in [9.17, 15) is 22.0 Å². The highest BCUT2D eigenvalue weighted by atomic mass is 19.4. The van der Waals surface area contributed by atoms with Gasteiger partial charge in [0.2, 0.25) is 0 Å². The molecule has 0 radical (unpaired) electrons. The minimum absolute atomic E-state index is 0.129. The Hall–Kier alpha value is -3.12. The molecule has 2 heterocycles. The zero-order valence-corrected chi connectivity index (χ0v) is 17.5. The van der Waals surface area contributed by atoms with E-state index in [4.69, 9.17) is 4.74 Å². The molecular formula is C21H21F5N6O. The molecule has 2 atom stereocenters. The summed E-state index contributed by atoms with van der Waals surface area (Å²) in [6, 6.07) is 7.89. The van der Waals surface area contributed by atoms with Crippen molar-refractivity contribution in [2.45, 2.75) is 37.6 Å². The number of hydrogen-bond acceptors (Lipinski definition) is 6. The Balaban J connectivity index is 1.57. The minimum atomic E-state index is -4.72. The maximum absolute atomic E-state index is 13.8. The maximum Gasteiger partial charge on any atom is 0.453 e. The van der Waals surface area contributed by atoms with Gasteiger partial charge in [0.25, 0.3) is 5.82 Å². The smallest absolute Gasteiger partial charge is 0.453 e. The average Bonchev–Trinajstić information content (AvgIpc) is 3.30. The molecule has 0 spiro atoms. The second-order valence-corrected chi connectivity index (χ2v) is 7.64. The first-order chi connectivity index (χ1) is 15.8. The first-order valence-corrected chi connectivity index (χ1v) is 10.2. The molecule has 2 N–H and O–H groups in total. The van der Waals surface area contributed by atoms with Crippen LogP contribution in [0.3, 0.4) is 0 Å². The van der Waals surface area contributed by atoms with Crippen LogP contribution in [0.4, 0.5) is 22.0 Å². The fraction of sp³-hybridized carbons (Fsp3) is 0.381. The summed E-state index contributed by atoms with van der Waals surface area (Å²) < 4.78 is 72.7. The monoisotopic (exact) mass is 468 g/mol. The van der Waals surface area contributed by atoms with Crippen LogP contribution in [0.25, 0.3) is 5.69 Å². The third-order valence-corrected chi connectivity index (χ3v) is 5.55. The number of benzene rings is 2. The van der Waals surface area contributed by atoms with Crippen molar-refractivity contribution in [2.24, 2.45) is 0 Å². The Bertz CT molecular complexity index is 1120. The van der Waals surface area contributed by atoms with Crippen molar-refractivity contribution in [3.8, 4) is 11.4 Å². The number of halogens is 5. The van der Waals surface area contributed by atoms with Crippen molar-refractivity contribution < 1.29 is 26.7 Å². The van der Waals surface area contributed by atoms with Gasteiger partial charge in [0.15, 0.2) is 11.6 Å². The quantitative estimate of drug-likeness (QED) is 0.539. The van der Waals surface area contributed by atoms with E-state index >= 15 is 0 Å². The van der Waals surface area contributed by atoms with E-state index in [-0.39, 0.29) is 24.3 Å². The van der Waals surface area contributed by atoms with E-state index in [0.717, 1.165) is 25.5 Å². The number of alkyl halides is 3. The van der Waals surface area contributed by atoms with Crippen LogP contribution in [-0.2, 0) is 12.7 Å². The Morgan fingerprint density at radius 2 is 1.97 bits per heavy atom. The first kappa shape index (κ1) is 23.1. The second kappa shape index (κ2) is 9.40. The highest BCUT2D eigenvalue weighted by molar-refractivity contribution is 5.44. The van der Waals surface area contributed by atoms with Crippen molar-refractivity contribution in [2.75, 3.05) is 13.7 Å². The molecule has 0 amide bonds. The van der Waals surface area contributed by atoms with E-state index < -0.39 is 23.6 Å². The molecule has 1 aliphatic heterocycles. The SMILES string of the molecule is COc1ccc(-n2nnnc2C(F)(F)F)cc1CN[C@H]1CCCN[C@H]1c1ccc(F)c(F)c1. The minimum Gasteiger partial charge on any atom is -0.496 e. The Labute approximate surface area is 185 Å². The lowest BCUT2D eigenvalue weighted by atomic mass is 9.92. The van der Waals surface area contributed by atoms with Crippen LogP contribution in [0.2, 0.25) is 0 Å². The number of piperidine rings is 1. The molecule has 0 saturated carbocycles. The molecule has 3 aromatic rings. The fourth-order valence-corrected chi connectivity index (χ4v) is 3.98. The lowest BCUT2D eigenvalue weighted by Gasteiger charge is -2.34. The molecule has 7 nitrogen and oxygen atoms in total. The Morgan fingerprint density at radius 1 is 1.15 bits per heavy atom. The van der Waals surface area contributed by atoms with Gasteiger partial charge in [-0.3, -0.25) is 0 Å². The summed E-state index contributed by atoms with van der Waals surface area (Å²) in [4.78, 5) is 0. The molecule has 1 saturated heterocycles. The molecule has 1 aromatic heterocycles. The molecule has 1 fully saturated rings. The molecule has 176 valence electrons. The van der Waals surface area contributed by atoms with Gasteiger partial charge >= 0.3 is 6.18 Å². The molecular weight excluding hydrogens is 447 g/mol. The number of ether oxygens (including phenoxy) is 1. The highest BCUT2D eigenvalue weighted by Crippen LogP contribution is 2.30. The fourth-order valence-electron chi connectivity index (χ4n) is 3.98. The number of aromatic nitrogens is 4. The predicted octanol–water partition coefficient (Wildman–Crippen LogP) is 3.55. The van der Waals surface area contributed by atoms with E-state index in [1.807, 2.05) is 0 Å². The number of hydrogen-bond donors (Lipinski definition) is 2. The molecule has 4 rings (SSSR count). The standard InChI is InChI=1S/C21H21F5N6O/c1-33-18-7-5-14(32-20(21(24,25)26)29-30-31-32)9-13(18)11-28-17-3-2-8-27-19(17)12-4-6-15(22)16(23)10-12/h4-7,9-10,17,19,27-28H,2-3,8,11H2,1H3/t17-,19-/m0/s1. The van der Waals surface area contributed by atoms with Crippen molar-refractivity contribution in [1.29, 1.82) is 0 Å². The van der Waals surface area contributed by atoms with Gasteiger partial charge in [-0.25, -0.2) is 8.78 Å². The summed E-state index contributed by atoms with van der Waals surface area (Å²) in [6.07, 6.45) is -3.08. The molecule has 0 aliphatic carbocycles. The lowest BCUT2D eigenvalue weighted by molar-refractivity contribution is -0.146. The van der Waals surface area contributed by atoms with Crippen molar-refractivity contribution in [3.05, 3.63) is 65.0 Å². The number of rotatable bonds is 6. The first-order valence-electron chi connectivity index (χ1n) is 10.2. The van der Waals surface area contributed by atoms with E-state index in [2.05, 4.69) is 26.2 Å². The average molecular weight is 468 g/mol. The molecule has 1 aliphatic rings. The van der Waals surface area contributed by atoms with E-state index in [1.54, 1.807) is 6.07 Å². The third kappa shape index (κ3) is 4.96. The lowest BCUT2D eigenvalue weighted by Crippen LogP contribution is -2.45. The van der Waals surface area contributed by atoms with E-state index in [1.165, 1.54) is 31.4 Å². The van der Waals surface area contributed by atoms with Gasteiger partial charge in [-0.05, 0) is 65.7 Å². The molecule has 0 bridgehead atoms. The summed E-state index contributed by atoms with van der Waals surface area (Å²) in [6.45, 7) is 0.979. The van der Waals surface area contributed by atoms with Gasteiger partial charge in [0, 0.05) is 24.2 Å². The summed E-state index contributed by atoms with van der Waals surface area (Å²) in [5, 5.41) is 16.4. The molecule has 33 heavy (non-hydrogen) atoms. The van der Waals surface area contributed by atoms with Crippen LogP contribution in [0.15, 0.2) is 36.4 Å². The van der Waals surface area contributed by atoms with Crippen molar-refractivity contribution in [1.82, 2.24) is 30.8 Å². The number of tetrazole rings is 1. The van der Waals surface area contributed by atoms with Gasteiger partial charge in [0.1, 0.15) is 5.75 Å².